The Hall–Kier alpha value is -0.290. The summed E-state index contributed by atoms with van der Waals surface area (Å²) in [7, 11) is -2.65. The molecule has 60 valence electrons. The topological polar surface area (TPSA) is 48.1 Å². The molecule has 0 spiro atoms. The van der Waals surface area contributed by atoms with E-state index in [0.717, 1.165) is 0 Å². The maximum absolute atomic E-state index is 7.53. The van der Waals surface area contributed by atoms with Crippen molar-refractivity contribution in [2.75, 3.05) is 12.8 Å². The quantitative estimate of drug-likeness (QED) is 0.805. The van der Waals surface area contributed by atoms with Crippen LogP contribution in [-0.4, -0.2) is 12.0 Å². The van der Waals surface area contributed by atoms with Crippen molar-refractivity contribution in [3.05, 3.63) is 15.2 Å². The first-order valence-corrected chi connectivity index (χ1v) is 4.11. The van der Waals surface area contributed by atoms with E-state index in [-0.39, 0.29) is 26.7 Å². The lowest BCUT2D eigenvalue weighted by molar-refractivity contribution is 0.416. The number of pyridine rings is 1. The molecule has 0 aliphatic rings. The van der Waals surface area contributed by atoms with E-state index in [2.05, 4.69) is 41.6 Å². The van der Waals surface area contributed by atoms with Crippen molar-refractivity contribution in [3.8, 4) is 5.75 Å². The lowest BCUT2D eigenvalue weighted by atomic mass is 10.4. The number of anilines is 1. The van der Waals surface area contributed by atoms with E-state index in [0.29, 0.717) is 0 Å². The zero-order valence-corrected chi connectivity index (χ0v) is 8.36. The minimum atomic E-state index is -2.65. The average molecular weight is 286 g/mol. The predicted molar refractivity (Wildman–Crippen MR) is 50.6 cm³/mol. The Morgan fingerprint density at radius 1 is 1.82 bits per heavy atom. The first-order valence-electron chi connectivity index (χ1n) is 4.52. The highest BCUT2D eigenvalue weighted by molar-refractivity contribution is 9.11. The average Bonchev–Trinajstić information content (AvgIpc) is 2.08. The lowest BCUT2D eigenvalue weighted by Gasteiger charge is -2.05. The van der Waals surface area contributed by atoms with Gasteiger partial charge in [0.05, 0.1) is 12.5 Å². The van der Waals surface area contributed by atoms with Crippen molar-refractivity contribution in [2.45, 2.75) is 0 Å². The zero-order chi connectivity index (χ0) is 11.8. The van der Waals surface area contributed by atoms with E-state index in [1.54, 1.807) is 0 Å². The van der Waals surface area contributed by atoms with E-state index in [1.807, 2.05) is 0 Å². The Bertz CT molecular complexity index is 369. The second-order valence-electron chi connectivity index (χ2n) is 1.66. The van der Waals surface area contributed by atoms with Crippen LogP contribution >= 0.6 is 31.9 Å². The van der Waals surface area contributed by atoms with Crippen LogP contribution < -0.4 is 10.5 Å². The molecule has 0 bridgehead atoms. The van der Waals surface area contributed by atoms with Gasteiger partial charge >= 0.3 is 0 Å². The molecule has 0 unspecified atom stereocenters. The number of methoxy groups -OCH3 is 1. The van der Waals surface area contributed by atoms with Gasteiger partial charge in [0.2, 0.25) is 0 Å². The Morgan fingerprint density at radius 2 is 2.55 bits per heavy atom. The fourth-order valence-electron chi connectivity index (χ4n) is 0.510. The van der Waals surface area contributed by atoms with Crippen molar-refractivity contribution in [2.24, 2.45) is 0 Å². The van der Waals surface area contributed by atoms with Gasteiger partial charge < -0.3 is 10.5 Å². The van der Waals surface area contributed by atoms with E-state index in [1.165, 1.54) is 0 Å². The van der Waals surface area contributed by atoms with Gasteiger partial charge in [0.1, 0.15) is 20.6 Å². The summed E-state index contributed by atoms with van der Waals surface area (Å²) in [6.07, 6.45) is 0. The van der Waals surface area contributed by atoms with Crippen LogP contribution in [0.25, 0.3) is 0 Å². The summed E-state index contributed by atoms with van der Waals surface area (Å²) in [4.78, 5) is 3.82. The molecule has 1 rings (SSSR count). The van der Waals surface area contributed by atoms with Gasteiger partial charge in [0.25, 0.3) is 0 Å². The fourth-order valence-corrected chi connectivity index (χ4v) is 1.46. The first kappa shape index (κ1) is 4.67. The molecule has 0 aromatic carbocycles. The van der Waals surface area contributed by atoms with Gasteiger partial charge in [-0.2, -0.15) is 0 Å². The second kappa shape index (κ2) is 3.40. The Morgan fingerprint density at radius 3 is 3.18 bits per heavy atom. The summed E-state index contributed by atoms with van der Waals surface area (Å²) in [5.41, 5.74) is 5.52. The summed E-state index contributed by atoms with van der Waals surface area (Å²) in [6.45, 7) is 0. The summed E-state index contributed by atoms with van der Waals surface area (Å²) in [6, 6.07) is -0.202. The number of hydrogen-bond donors (Lipinski definition) is 1. The number of rotatable bonds is 1. The minimum Gasteiger partial charge on any atom is -0.494 e. The molecule has 11 heavy (non-hydrogen) atoms. The van der Waals surface area contributed by atoms with Gasteiger partial charge in [0, 0.05) is 6.04 Å². The SMILES string of the molecule is [2H]c1c(Br)nc(Br)c(N)c1OC([2H])([2H])[2H]. The van der Waals surface area contributed by atoms with Crippen LogP contribution in [0.4, 0.5) is 5.69 Å². The molecule has 0 aliphatic carbocycles. The van der Waals surface area contributed by atoms with Crippen molar-refractivity contribution >= 4 is 37.5 Å². The lowest BCUT2D eigenvalue weighted by Crippen LogP contribution is -1.95. The van der Waals surface area contributed by atoms with Gasteiger partial charge in [-0.3, -0.25) is 0 Å². The van der Waals surface area contributed by atoms with Crippen LogP contribution in [0.1, 0.15) is 5.48 Å². The molecule has 3 nitrogen and oxygen atoms in total. The predicted octanol–water partition coefficient (Wildman–Crippen LogP) is 2.20. The number of hydrogen-bond acceptors (Lipinski definition) is 3. The van der Waals surface area contributed by atoms with Gasteiger partial charge in [-0.25, -0.2) is 4.98 Å². The van der Waals surface area contributed by atoms with Crippen LogP contribution in [0.2, 0.25) is 0 Å². The number of halogens is 2. The highest BCUT2D eigenvalue weighted by Gasteiger charge is 2.05. The summed E-state index contributed by atoms with van der Waals surface area (Å²) in [5.74, 6) is -0.219. The highest BCUT2D eigenvalue weighted by atomic mass is 79.9. The van der Waals surface area contributed by atoms with Crippen LogP contribution in [0.5, 0.6) is 5.75 Å². The Balaban J connectivity index is 3.27. The summed E-state index contributed by atoms with van der Waals surface area (Å²) in [5, 5.41) is 0. The third kappa shape index (κ3) is 1.84. The largest absolute Gasteiger partial charge is 0.494 e. The smallest absolute Gasteiger partial charge is 0.147 e. The van der Waals surface area contributed by atoms with E-state index >= 15 is 0 Å². The van der Waals surface area contributed by atoms with Crippen molar-refractivity contribution in [1.29, 1.82) is 0 Å². The molecule has 0 aliphatic heterocycles. The molecule has 1 aromatic rings. The summed E-state index contributed by atoms with van der Waals surface area (Å²) < 4.78 is 33.3. The number of nitrogen functional groups attached to an aromatic ring is 1. The van der Waals surface area contributed by atoms with Crippen LogP contribution in [0, 0.1) is 0 Å². The second-order valence-corrected chi connectivity index (χ2v) is 3.17. The molecule has 0 fully saturated rings. The van der Waals surface area contributed by atoms with Crippen LogP contribution in [-0.2, 0) is 0 Å². The molecule has 1 aromatic heterocycles. The maximum atomic E-state index is 7.53. The Labute approximate surface area is 86.8 Å². The van der Waals surface area contributed by atoms with Gasteiger partial charge in [0.15, 0.2) is 0 Å². The van der Waals surface area contributed by atoms with Gasteiger partial charge in [-0.05, 0) is 31.9 Å². The van der Waals surface area contributed by atoms with Crippen LogP contribution in [0.15, 0.2) is 15.2 Å². The molecule has 0 saturated carbocycles. The molecule has 0 amide bonds. The monoisotopic (exact) mass is 284 g/mol. The van der Waals surface area contributed by atoms with Crippen LogP contribution in [0.3, 0.4) is 0 Å². The van der Waals surface area contributed by atoms with Crippen molar-refractivity contribution in [1.82, 2.24) is 4.98 Å². The molecular weight excluding hydrogens is 276 g/mol. The molecule has 0 saturated heterocycles. The highest BCUT2D eigenvalue weighted by Crippen LogP contribution is 2.30. The van der Waals surface area contributed by atoms with Gasteiger partial charge in [-0.15, -0.1) is 0 Å². The molecule has 0 atom stereocenters. The third-order valence-electron chi connectivity index (χ3n) is 0.982. The van der Waals surface area contributed by atoms with Crippen molar-refractivity contribution < 1.29 is 10.2 Å². The minimum absolute atomic E-state index is 0.0145. The molecular formula is C6H6Br2N2O. The number of ether oxygens (including phenoxy) is 1. The standard InChI is InChI=1S/C6H6Br2N2O/c1-11-3-2-4(7)10-6(8)5(3)9/h2H,9H2,1H3/i1D3,2D. The molecule has 2 N–H and O–H groups in total. The van der Waals surface area contributed by atoms with Gasteiger partial charge in [-0.1, -0.05) is 0 Å². The molecule has 1 heterocycles. The summed E-state index contributed by atoms with van der Waals surface area (Å²) >= 11 is 6.02. The number of aromatic nitrogens is 1. The van der Waals surface area contributed by atoms with Crippen molar-refractivity contribution in [3.63, 3.8) is 0 Å². The van der Waals surface area contributed by atoms with E-state index < -0.39 is 7.04 Å². The number of nitrogens with two attached hydrogens (primary N) is 1. The normalized spacial score (nSPS) is 16.2. The fraction of sp³-hybridized carbons (Fsp3) is 0.167. The van der Waals surface area contributed by atoms with E-state index in [9.17, 15) is 0 Å². The first-order chi connectivity index (χ1) is 6.72. The Kier molecular flexibility index (Phi) is 1.44. The van der Waals surface area contributed by atoms with E-state index in [4.69, 9.17) is 11.2 Å². The maximum Gasteiger partial charge on any atom is 0.147 e. The third-order valence-corrected chi connectivity index (χ3v) is 1.96. The molecule has 5 heteroatoms. The number of nitrogens with zero attached hydrogens (tertiary/aromatic N) is 1. The molecule has 0 radical (unpaired) electrons. The zero-order valence-electron chi connectivity index (χ0n) is 9.19.